The molecule has 1 aliphatic rings. The van der Waals surface area contributed by atoms with E-state index in [1.165, 1.54) is 18.3 Å². The topological polar surface area (TPSA) is 82.7 Å². The van der Waals surface area contributed by atoms with Crippen LogP contribution in [0.4, 0.5) is 24.8 Å². The quantitative estimate of drug-likeness (QED) is 0.679. The van der Waals surface area contributed by atoms with Gasteiger partial charge in [0, 0.05) is 32.4 Å². The highest BCUT2D eigenvalue weighted by Gasteiger charge is 2.32. The molecule has 2 aromatic heterocycles. The van der Waals surface area contributed by atoms with E-state index in [-0.39, 0.29) is 16.2 Å². The highest BCUT2D eigenvalue weighted by molar-refractivity contribution is 6.33. The molecule has 1 fully saturated rings. The first-order chi connectivity index (χ1) is 13.7. The Morgan fingerprint density at radius 3 is 2.34 bits per heavy atom. The molecule has 0 radical (unpaired) electrons. The van der Waals surface area contributed by atoms with Crippen LogP contribution in [0, 0.1) is 0 Å². The molecule has 0 saturated carbocycles. The number of carboxylic acid groups (broad SMARTS) is 1. The molecule has 3 heterocycles. The second kappa shape index (κ2) is 7.11. The van der Waals surface area contributed by atoms with Crippen molar-refractivity contribution in [2.75, 3.05) is 36.0 Å². The van der Waals surface area contributed by atoms with Crippen molar-refractivity contribution in [3.63, 3.8) is 0 Å². The van der Waals surface area contributed by atoms with Crippen molar-refractivity contribution >= 4 is 40.2 Å². The summed E-state index contributed by atoms with van der Waals surface area (Å²) in [6.45, 7) is 1.87. The summed E-state index contributed by atoms with van der Waals surface area (Å²) in [5.74, 6) is -0.307. The zero-order valence-electron chi connectivity index (χ0n) is 14.8. The molecule has 4 rings (SSSR count). The maximum Gasteiger partial charge on any atom is 0.416 e. The van der Waals surface area contributed by atoms with Gasteiger partial charge in [-0.25, -0.2) is 9.78 Å². The third kappa shape index (κ3) is 3.67. The van der Waals surface area contributed by atoms with Crippen molar-refractivity contribution in [2.24, 2.45) is 0 Å². The number of hydrogen-bond donors (Lipinski definition) is 1. The van der Waals surface area contributed by atoms with Crippen LogP contribution in [-0.4, -0.2) is 47.4 Å². The molecule has 29 heavy (non-hydrogen) atoms. The smallest absolute Gasteiger partial charge is 0.416 e. The lowest BCUT2D eigenvalue weighted by Gasteiger charge is -2.35. The summed E-state index contributed by atoms with van der Waals surface area (Å²) in [5, 5.41) is 13.5. The lowest BCUT2D eigenvalue weighted by atomic mass is 10.1. The Balaban J connectivity index is 1.54. The number of nitrogens with zero attached hydrogens (tertiary/aromatic N) is 4. The minimum atomic E-state index is -4.45. The number of fused-ring (bicyclic) bond motifs is 1. The molecule has 7 nitrogen and oxygen atoms in total. The molecular weight excluding hydrogens is 413 g/mol. The van der Waals surface area contributed by atoms with Gasteiger partial charge in [0.1, 0.15) is 5.82 Å². The summed E-state index contributed by atoms with van der Waals surface area (Å²) in [5.41, 5.74) is -0.487. The van der Waals surface area contributed by atoms with E-state index in [1.54, 1.807) is 0 Å². The van der Waals surface area contributed by atoms with Crippen LogP contribution in [0.3, 0.4) is 0 Å². The molecule has 1 N–H and O–H groups in total. The van der Waals surface area contributed by atoms with E-state index in [9.17, 15) is 18.0 Å². The van der Waals surface area contributed by atoms with Crippen molar-refractivity contribution in [1.82, 2.24) is 10.1 Å². The summed E-state index contributed by atoms with van der Waals surface area (Å²) in [6.07, 6.45) is -3.22. The Kier molecular flexibility index (Phi) is 4.73. The maximum atomic E-state index is 13.0. The fourth-order valence-corrected chi connectivity index (χ4v) is 3.53. The number of carbonyl (C=O) groups is 1. The molecule has 1 aliphatic heterocycles. The summed E-state index contributed by atoms with van der Waals surface area (Å²) in [7, 11) is 0. The number of rotatable bonds is 3. The number of anilines is 2. The van der Waals surface area contributed by atoms with Crippen molar-refractivity contribution in [3.8, 4) is 0 Å². The first kappa shape index (κ1) is 19.3. The fourth-order valence-electron chi connectivity index (χ4n) is 3.24. The predicted octanol–water partition coefficient (Wildman–Crippen LogP) is 3.92. The van der Waals surface area contributed by atoms with Crippen LogP contribution in [0.5, 0.6) is 0 Å². The number of aromatic nitrogens is 2. The van der Waals surface area contributed by atoms with Crippen LogP contribution in [-0.2, 0) is 6.18 Å². The third-order valence-electron chi connectivity index (χ3n) is 4.73. The predicted molar refractivity (Wildman–Crippen MR) is 99.6 cm³/mol. The van der Waals surface area contributed by atoms with E-state index in [0.717, 1.165) is 12.1 Å². The number of hydrogen-bond acceptors (Lipinski definition) is 6. The van der Waals surface area contributed by atoms with E-state index in [1.807, 2.05) is 9.80 Å². The average molecular weight is 427 g/mol. The van der Waals surface area contributed by atoms with Crippen molar-refractivity contribution in [3.05, 3.63) is 46.6 Å². The Hall–Kier alpha value is -3.01. The van der Waals surface area contributed by atoms with Gasteiger partial charge in [-0.3, -0.25) is 0 Å². The van der Waals surface area contributed by atoms with E-state index in [2.05, 4.69) is 10.1 Å². The van der Waals surface area contributed by atoms with Crippen molar-refractivity contribution < 1.29 is 27.6 Å². The summed E-state index contributed by atoms with van der Waals surface area (Å²) < 4.78 is 44.2. The van der Waals surface area contributed by atoms with E-state index < -0.39 is 17.7 Å². The molecule has 152 valence electrons. The number of carboxylic acids is 1. The highest BCUT2D eigenvalue weighted by Crippen LogP contribution is 2.35. The molecule has 0 spiro atoms. The highest BCUT2D eigenvalue weighted by atomic mass is 35.5. The van der Waals surface area contributed by atoms with Gasteiger partial charge in [0.2, 0.25) is 0 Å². The first-order valence-corrected chi connectivity index (χ1v) is 8.97. The normalized spacial score (nSPS) is 15.2. The third-order valence-corrected chi connectivity index (χ3v) is 5.00. The van der Waals surface area contributed by atoms with Crippen LogP contribution in [0.1, 0.15) is 15.9 Å². The van der Waals surface area contributed by atoms with E-state index in [0.29, 0.717) is 43.2 Å². The summed E-state index contributed by atoms with van der Waals surface area (Å²) >= 11 is 6.17. The van der Waals surface area contributed by atoms with Gasteiger partial charge in [0.15, 0.2) is 11.4 Å². The zero-order chi connectivity index (χ0) is 20.8. The molecule has 1 saturated heterocycles. The van der Waals surface area contributed by atoms with Gasteiger partial charge in [0.25, 0.3) is 0 Å². The largest absolute Gasteiger partial charge is 0.478 e. The monoisotopic (exact) mass is 426 g/mol. The van der Waals surface area contributed by atoms with Gasteiger partial charge < -0.3 is 19.4 Å². The van der Waals surface area contributed by atoms with Crippen molar-refractivity contribution in [1.29, 1.82) is 0 Å². The first-order valence-electron chi connectivity index (χ1n) is 8.59. The van der Waals surface area contributed by atoms with Gasteiger partial charge in [-0.2, -0.15) is 13.2 Å². The summed E-state index contributed by atoms with van der Waals surface area (Å²) in [6, 6.07) is 4.60. The number of pyridine rings is 1. The minimum Gasteiger partial charge on any atom is -0.478 e. The van der Waals surface area contributed by atoms with Gasteiger partial charge in [-0.1, -0.05) is 16.8 Å². The van der Waals surface area contributed by atoms with Crippen LogP contribution < -0.4 is 9.80 Å². The van der Waals surface area contributed by atoms with Gasteiger partial charge in [0.05, 0.1) is 21.5 Å². The minimum absolute atomic E-state index is 0.00748. The standard InChI is InChI=1S/C18H14ClF3N4O3/c19-13-7-10(17(27)28)9-23-16(13)26-5-3-25(4-6-26)15-12-8-11(18(20,21)22)1-2-14(12)29-24-15/h1-2,7-9H,3-6H2,(H,27,28). The number of alkyl halides is 3. The average Bonchev–Trinajstić information content (AvgIpc) is 3.10. The van der Waals surface area contributed by atoms with Crippen LogP contribution >= 0.6 is 11.6 Å². The molecule has 0 unspecified atom stereocenters. The van der Waals surface area contributed by atoms with Crippen LogP contribution in [0.2, 0.25) is 5.02 Å². The molecule has 0 atom stereocenters. The molecule has 0 bridgehead atoms. The lowest BCUT2D eigenvalue weighted by molar-refractivity contribution is -0.137. The number of halogens is 4. The Morgan fingerprint density at radius 1 is 1.10 bits per heavy atom. The SMILES string of the molecule is O=C(O)c1cnc(N2CCN(c3noc4ccc(C(F)(F)F)cc34)CC2)c(Cl)c1. The molecule has 0 amide bonds. The molecular formula is C18H14ClF3N4O3. The number of benzene rings is 1. The molecule has 11 heteroatoms. The Bertz CT molecular complexity index is 1080. The van der Waals surface area contributed by atoms with Crippen LogP contribution in [0.25, 0.3) is 11.0 Å². The molecule has 0 aliphatic carbocycles. The number of piperazine rings is 1. The fraction of sp³-hybridized carbons (Fsp3) is 0.278. The van der Waals surface area contributed by atoms with Gasteiger partial charge in [-0.05, 0) is 24.3 Å². The zero-order valence-corrected chi connectivity index (χ0v) is 15.5. The van der Waals surface area contributed by atoms with Crippen LogP contribution in [0.15, 0.2) is 35.0 Å². The number of aromatic carboxylic acids is 1. The van der Waals surface area contributed by atoms with E-state index >= 15 is 0 Å². The van der Waals surface area contributed by atoms with Crippen molar-refractivity contribution in [2.45, 2.75) is 6.18 Å². The lowest BCUT2D eigenvalue weighted by Crippen LogP contribution is -2.47. The van der Waals surface area contributed by atoms with Gasteiger partial charge >= 0.3 is 12.1 Å². The molecule has 3 aromatic rings. The molecule has 1 aromatic carbocycles. The summed E-state index contributed by atoms with van der Waals surface area (Å²) in [4.78, 5) is 18.9. The second-order valence-electron chi connectivity index (χ2n) is 6.52. The van der Waals surface area contributed by atoms with E-state index in [4.69, 9.17) is 21.2 Å². The Labute approximate surface area is 167 Å². The second-order valence-corrected chi connectivity index (χ2v) is 6.93. The Morgan fingerprint density at radius 2 is 1.76 bits per heavy atom. The van der Waals surface area contributed by atoms with Gasteiger partial charge in [-0.15, -0.1) is 0 Å². The maximum absolute atomic E-state index is 13.0.